The Kier molecular flexibility index (Phi) is 4.44. The number of nitrogens with zero attached hydrogens (tertiary/aromatic N) is 1. The molecule has 2 aromatic rings. The van der Waals surface area contributed by atoms with Gasteiger partial charge >= 0.3 is 0 Å². The maximum atomic E-state index is 5.21. The van der Waals surface area contributed by atoms with E-state index in [1.54, 1.807) is 18.4 Å². The Morgan fingerprint density at radius 1 is 1.59 bits per heavy atom. The molecule has 0 atom stereocenters. The van der Waals surface area contributed by atoms with Gasteiger partial charge in [-0.2, -0.15) is 0 Å². The summed E-state index contributed by atoms with van der Waals surface area (Å²) in [6, 6.07) is 4.12. The molecule has 0 saturated carbocycles. The van der Waals surface area contributed by atoms with Gasteiger partial charge in [0, 0.05) is 18.4 Å². The summed E-state index contributed by atoms with van der Waals surface area (Å²) in [7, 11) is 1.66. The van der Waals surface area contributed by atoms with Crippen LogP contribution in [0.4, 0.5) is 0 Å². The molecular formula is C11H11BrN2OS2. The second-order valence-corrected chi connectivity index (χ2v) is 5.68. The number of aromatic nitrogens is 2. The van der Waals surface area contributed by atoms with Gasteiger partial charge in [-0.1, -0.05) is 18.3 Å². The van der Waals surface area contributed by atoms with Crippen LogP contribution in [0.15, 0.2) is 22.0 Å². The van der Waals surface area contributed by atoms with Gasteiger partial charge in [0.05, 0.1) is 16.8 Å². The van der Waals surface area contributed by atoms with E-state index in [9.17, 15) is 0 Å². The quantitative estimate of drug-likeness (QED) is 0.868. The molecular weight excluding hydrogens is 320 g/mol. The third kappa shape index (κ3) is 3.22. The van der Waals surface area contributed by atoms with E-state index < -0.39 is 0 Å². The van der Waals surface area contributed by atoms with Crippen LogP contribution in [0, 0.1) is 4.64 Å². The lowest BCUT2D eigenvalue weighted by atomic mass is 10.3. The molecule has 0 unspecified atom stereocenters. The van der Waals surface area contributed by atoms with E-state index in [0.717, 1.165) is 22.4 Å². The molecule has 0 radical (unpaired) electrons. The van der Waals surface area contributed by atoms with Crippen molar-refractivity contribution < 1.29 is 4.74 Å². The van der Waals surface area contributed by atoms with E-state index >= 15 is 0 Å². The predicted octanol–water partition coefficient (Wildman–Crippen LogP) is 3.70. The molecule has 0 fully saturated rings. The first-order valence-electron chi connectivity index (χ1n) is 4.99. The molecule has 1 N–H and O–H groups in total. The average molecular weight is 331 g/mol. The van der Waals surface area contributed by atoms with Crippen LogP contribution in [0.5, 0.6) is 0 Å². The summed E-state index contributed by atoms with van der Waals surface area (Å²) in [5, 5.41) is 2.05. The van der Waals surface area contributed by atoms with Crippen molar-refractivity contribution in [2.45, 2.75) is 13.0 Å². The van der Waals surface area contributed by atoms with Crippen LogP contribution in [0.25, 0.3) is 0 Å². The first kappa shape index (κ1) is 12.9. The Balaban J connectivity index is 2.32. The Hall–Kier alpha value is -0.560. The van der Waals surface area contributed by atoms with Gasteiger partial charge in [-0.15, -0.1) is 11.3 Å². The molecule has 0 amide bonds. The molecule has 3 nitrogen and oxygen atoms in total. The molecule has 0 spiro atoms. The number of H-pyrrole nitrogens is 1. The minimum absolute atomic E-state index is 0.490. The van der Waals surface area contributed by atoms with E-state index in [1.807, 2.05) is 6.07 Å². The molecule has 90 valence electrons. The van der Waals surface area contributed by atoms with Gasteiger partial charge in [-0.25, -0.2) is 4.98 Å². The zero-order valence-corrected chi connectivity index (χ0v) is 12.4. The lowest BCUT2D eigenvalue weighted by Crippen LogP contribution is -2.03. The maximum absolute atomic E-state index is 5.21. The molecule has 2 heterocycles. The second kappa shape index (κ2) is 5.86. The zero-order valence-electron chi connectivity index (χ0n) is 9.20. The largest absolute Gasteiger partial charge is 0.378 e. The van der Waals surface area contributed by atoms with Gasteiger partial charge < -0.3 is 9.72 Å². The summed E-state index contributed by atoms with van der Waals surface area (Å²) in [6.45, 7) is 0.490. The van der Waals surface area contributed by atoms with Crippen molar-refractivity contribution in [2.75, 3.05) is 7.11 Å². The Morgan fingerprint density at radius 3 is 3.06 bits per heavy atom. The molecule has 0 aliphatic rings. The van der Waals surface area contributed by atoms with Crippen LogP contribution in [0.3, 0.4) is 0 Å². The number of nitrogens with one attached hydrogen (secondary N) is 1. The van der Waals surface area contributed by atoms with Crippen LogP contribution in [-0.2, 0) is 17.8 Å². The summed E-state index contributed by atoms with van der Waals surface area (Å²) < 4.78 is 6.50. The number of methoxy groups -OCH3 is 1. The van der Waals surface area contributed by atoms with Crippen molar-refractivity contribution in [3.63, 3.8) is 0 Å². The lowest BCUT2D eigenvalue weighted by Gasteiger charge is -2.07. The highest BCUT2D eigenvalue weighted by molar-refractivity contribution is 9.10. The van der Waals surface area contributed by atoms with Crippen molar-refractivity contribution in [3.05, 3.63) is 43.0 Å². The van der Waals surface area contributed by atoms with Gasteiger partial charge in [0.25, 0.3) is 0 Å². The van der Waals surface area contributed by atoms with Gasteiger partial charge in [0.2, 0.25) is 0 Å². The predicted molar refractivity (Wildman–Crippen MR) is 75.0 cm³/mol. The fraction of sp³-hybridized carbons (Fsp3) is 0.273. The third-order valence-corrected chi connectivity index (χ3v) is 4.48. The van der Waals surface area contributed by atoms with E-state index in [2.05, 4.69) is 37.3 Å². The van der Waals surface area contributed by atoms with E-state index in [4.69, 9.17) is 17.0 Å². The maximum Gasteiger partial charge on any atom is 0.144 e. The van der Waals surface area contributed by atoms with Crippen LogP contribution in [0.2, 0.25) is 0 Å². The van der Waals surface area contributed by atoms with Crippen molar-refractivity contribution in [1.82, 2.24) is 9.97 Å². The monoisotopic (exact) mass is 330 g/mol. The molecule has 0 saturated heterocycles. The zero-order chi connectivity index (χ0) is 12.3. The van der Waals surface area contributed by atoms with E-state index in [0.29, 0.717) is 11.2 Å². The number of rotatable bonds is 4. The first-order valence-corrected chi connectivity index (χ1v) is 7.07. The van der Waals surface area contributed by atoms with Crippen LogP contribution >= 0.6 is 39.5 Å². The number of halogens is 1. The molecule has 2 aromatic heterocycles. The number of ether oxygens (including phenoxy) is 1. The highest BCUT2D eigenvalue weighted by Crippen LogP contribution is 2.19. The van der Waals surface area contributed by atoms with Gasteiger partial charge in [-0.3, -0.25) is 0 Å². The third-order valence-electron chi connectivity index (χ3n) is 2.19. The van der Waals surface area contributed by atoms with Crippen molar-refractivity contribution in [3.8, 4) is 0 Å². The van der Waals surface area contributed by atoms with Crippen LogP contribution in [-0.4, -0.2) is 17.1 Å². The minimum atomic E-state index is 0.490. The topological polar surface area (TPSA) is 37.9 Å². The molecule has 6 heteroatoms. The van der Waals surface area contributed by atoms with Crippen molar-refractivity contribution >= 4 is 39.5 Å². The molecule has 0 bridgehead atoms. The summed E-state index contributed by atoms with van der Waals surface area (Å²) in [6.07, 6.45) is 0.769. The normalized spacial score (nSPS) is 10.7. The van der Waals surface area contributed by atoms with Gasteiger partial charge in [0.15, 0.2) is 0 Å². The Morgan fingerprint density at radius 2 is 2.41 bits per heavy atom. The molecule has 0 aliphatic carbocycles. The van der Waals surface area contributed by atoms with Gasteiger partial charge in [0.1, 0.15) is 10.5 Å². The number of hydrogen-bond acceptors (Lipinski definition) is 4. The Labute approximate surface area is 117 Å². The summed E-state index contributed by atoms with van der Waals surface area (Å²) in [5.41, 5.74) is 0.930. The highest BCUT2D eigenvalue weighted by Gasteiger charge is 2.07. The SMILES string of the molecule is COCc1[nH]c(Cc2cccs2)nc(=S)c1Br. The molecule has 17 heavy (non-hydrogen) atoms. The smallest absolute Gasteiger partial charge is 0.144 e. The van der Waals surface area contributed by atoms with E-state index in [1.165, 1.54) is 4.88 Å². The van der Waals surface area contributed by atoms with Crippen molar-refractivity contribution in [1.29, 1.82) is 0 Å². The van der Waals surface area contributed by atoms with E-state index in [-0.39, 0.29) is 0 Å². The molecule has 0 aromatic carbocycles. The lowest BCUT2D eigenvalue weighted by molar-refractivity contribution is 0.180. The second-order valence-electron chi connectivity index (χ2n) is 3.47. The summed E-state index contributed by atoms with van der Waals surface area (Å²) in [5.74, 6) is 0.868. The summed E-state index contributed by atoms with van der Waals surface area (Å²) >= 11 is 10.3. The minimum Gasteiger partial charge on any atom is -0.378 e. The fourth-order valence-electron chi connectivity index (χ4n) is 1.46. The average Bonchev–Trinajstić information content (AvgIpc) is 2.78. The number of aromatic amines is 1. The molecule has 2 rings (SSSR count). The number of hydrogen-bond donors (Lipinski definition) is 1. The van der Waals surface area contributed by atoms with Crippen molar-refractivity contribution in [2.24, 2.45) is 0 Å². The number of thiophene rings is 1. The summed E-state index contributed by atoms with van der Waals surface area (Å²) in [4.78, 5) is 8.86. The Bertz CT molecular complexity index is 551. The standard InChI is InChI=1S/C11H11BrN2OS2/c1-15-6-8-10(12)11(16)14-9(13-8)5-7-3-2-4-17-7/h2-4H,5-6H2,1H3,(H,13,14,16). The van der Waals surface area contributed by atoms with Gasteiger partial charge in [-0.05, 0) is 27.4 Å². The highest BCUT2D eigenvalue weighted by atomic mass is 79.9. The first-order chi connectivity index (χ1) is 8.20. The fourth-order valence-corrected chi connectivity index (χ4v) is 2.71. The van der Waals surface area contributed by atoms with Crippen LogP contribution in [0.1, 0.15) is 16.4 Å². The van der Waals surface area contributed by atoms with Crippen LogP contribution < -0.4 is 0 Å². The molecule has 0 aliphatic heterocycles.